The smallest absolute Gasteiger partial charge is 0.302 e. The van der Waals surface area contributed by atoms with Gasteiger partial charge in [-0.25, -0.2) is 8.42 Å². The largest absolute Gasteiger partial charge is 0.341 e. The molecule has 1 heterocycles. The highest BCUT2D eigenvalue weighted by Gasteiger charge is 2.26. The van der Waals surface area contributed by atoms with Gasteiger partial charge in [0.1, 0.15) is 0 Å². The van der Waals surface area contributed by atoms with Gasteiger partial charge in [-0.2, -0.15) is 8.78 Å². The van der Waals surface area contributed by atoms with Crippen LogP contribution in [-0.2, 0) is 22.1 Å². The molecule has 0 bridgehead atoms. The molecule has 0 N–H and O–H groups in total. The summed E-state index contributed by atoms with van der Waals surface area (Å²) in [6.45, 7) is 4.87. The zero-order valence-electron chi connectivity index (χ0n) is 16.0. The highest BCUT2D eigenvalue weighted by atomic mass is 32.2. The highest BCUT2D eigenvalue weighted by molar-refractivity contribution is 7.98. The first-order valence-corrected chi connectivity index (χ1v) is 11.6. The summed E-state index contributed by atoms with van der Waals surface area (Å²) in [6.07, 6.45) is 0.921. The van der Waals surface area contributed by atoms with Crippen LogP contribution in [0, 0.1) is 6.92 Å². The number of aryl methyl sites for hydroxylation is 1. The summed E-state index contributed by atoms with van der Waals surface area (Å²) in [5.41, 5.74) is 2.95. The molecule has 2 aromatic carbocycles. The molecule has 0 saturated heterocycles. The van der Waals surface area contributed by atoms with E-state index in [1.54, 1.807) is 12.1 Å². The number of benzene rings is 2. The average Bonchev–Trinajstić information content (AvgIpc) is 3.09. The van der Waals surface area contributed by atoms with Crippen molar-refractivity contribution >= 4 is 21.6 Å². The lowest BCUT2D eigenvalue weighted by Gasteiger charge is -2.09. The molecule has 0 fully saturated rings. The molecule has 0 amide bonds. The van der Waals surface area contributed by atoms with Gasteiger partial charge in [0.15, 0.2) is 11.0 Å². The Morgan fingerprint density at radius 2 is 1.83 bits per heavy atom. The molecule has 3 rings (SSSR count). The summed E-state index contributed by atoms with van der Waals surface area (Å²) in [4.78, 5) is -0.378. The van der Waals surface area contributed by atoms with Crippen molar-refractivity contribution in [1.82, 2.24) is 14.8 Å². The number of sulfone groups is 1. The fourth-order valence-corrected chi connectivity index (χ4v) is 4.49. The Bertz CT molecular complexity index is 1080. The van der Waals surface area contributed by atoms with E-state index in [0.717, 1.165) is 40.6 Å². The molecular formula is C20H21F2N3O2S2. The molecule has 0 aliphatic rings. The van der Waals surface area contributed by atoms with Crippen molar-refractivity contribution in [3.63, 3.8) is 0 Å². The predicted molar refractivity (Wildman–Crippen MR) is 110 cm³/mol. The minimum atomic E-state index is -4.57. The maximum absolute atomic E-state index is 12.6. The number of thioether (sulfide) groups is 1. The molecule has 29 heavy (non-hydrogen) atoms. The van der Waals surface area contributed by atoms with E-state index in [-0.39, 0.29) is 4.90 Å². The van der Waals surface area contributed by atoms with Gasteiger partial charge < -0.3 is 4.57 Å². The van der Waals surface area contributed by atoms with Crippen LogP contribution in [0.15, 0.2) is 58.6 Å². The maximum atomic E-state index is 12.6. The van der Waals surface area contributed by atoms with Crippen LogP contribution in [0.2, 0.25) is 0 Å². The lowest BCUT2D eigenvalue weighted by Crippen LogP contribution is -2.11. The molecule has 0 saturated carbocycles. The predicted octanol–water partition coefficient (Wildman–Crippen LogP) is 4.95. The van der Waals surface area contributed by atoms with Crippen LogP contribution in [0.3, 0.4) is 0 Å². The van der Waals surface area contributed by atoms with Crippen LogP contribution in [0.25, 0.3) is 11.4 Å². The van der Waals surface area contributed by atoms with Gasteiger partial charge in [0.2, 0.25) is 9.84 Å². The average molecular weight is 438 g/mol. The van der Waals surface area contributed by atoms with E-state index in [1.807, 2.05) is 25.1 Å². The molecule has 0 aliphatic carbocycles. The Kier molecular flexibility index (Phi) is 6.69. The number of hydrogen-bond acceptors (Lipinski definition) is 5. The summed E-state index contributed by atoms with van der Waals surface area (Å²) in [5, 5.41) is 9.43. The van der Waals surface area contributed by atoms with Gasteiger partial charge in [-0.05, 0) is 37.1 Å². The van der Waals surface area contributed by atoms with Crippen molar-refractivity contribution in [3.05, 3.63) is 59.7 Å². The second-order valence-electron chi connectivity index (χ2n) is 6.57. The maximum Gasteiger partial charge on any atom is 0.341 e. The molecule has 9 heteroatoms. The Hall–Kier alpha value is -2.26. The lowest BCUT2D eigenvalue weighted by atomic mass is 10.1. The molecule has 0 spiro atoms. The third-order valence-corrected chi connectivity index (χ3v) is 6.73. The Morgan fingerprint density at radius 1 is 1.10 bits per heavy atom. The molecule has 5 nitrogen and oxygen atoms in total. The molecular weight excluding hydrogens is 416 g/mol. The van der Waals surface area contributed by atoms with E-state index in [2.05, 4.69) is 27.8 Å². The molecule has 0 atom stereocenters. The number of hydrogen-bond donors (Lipinski definition) is 0. The standard InChI is InChI=1S/C20H21F2N3O2S2/c1-3-11-25-18(16-6-4-5-14(2)12-16)23-24-20(25)28-13-15-7-9-17(10-8-15)29(26,27)19(21)22/h4-10,12,19H,3,11,13H2,1-2H3. The van der Waals surface area contributed by atoms with E-state index in [0.29, 0.717) is 5.75 Å². The molecule has 1 aromatic heterocycles. The van der Waals surface area contributed by atoms with Crippen molar-refractivity contribution in [2.75, 3.05) is 0 Å². The third-order valence-electron chi connectivity index (χ3n) is 4.29. The number of alkyl halides is 2. The highest BCUT2D eigenvalue weighted by Crippen LogP contribution is 2.28. The van der Waals surface area contributed by atoms with Gasteiger partial charge >= 0.3 is 5.76 Å². The fourth-order valence-electron chi connectivity index (χ4n) is 2.84. The molecule has 0 unspecified atom stereocenters. The van der Waals surface area contributed by atoms with E-state index in [1.165, 1.54) is 23.9 Å². The van der Waals surface area contributed by atoms with Crippen LogP contribution in [0.4, 0.5) is 8.78 Å². The first-order valence-electron chi connectivity index (χ1n) is 9.07. The van der Waals surface area contributed by atoms with Crippen molar-refractivity contribution < 1.29 is 17.2 Å². The summed E-state index contributed by atoms with van der Waals surface area (Å²) >= 11 is 1.47. The van der Waals surface area contributed by atoms with E-state index in [4.69, 9.17) is 0 Å². The number of halogens is 2. The zero-order valence-corrected chi connectivity index (χ0v) is 17.7. The quantitative estimate of drug-likeness (QED) is 0.467. The van der Waals surface area contributed by atoms with Crippen LogP contribution in [0.1, 0.15) is 24.5 Å². The van der Waals surface area contributed by atoms with Crippen LogP contribution < -0.4 is 0 Å². The number of rotatable bonds is 8. The van der Waals surface area contributed by atoms with Gasteiger partial charge in [-0.15, -0.1) is 10.2 Å². The van der Waals surface area contributed by atoms with Crippen molar-refractivity contribution in [2.45, 2.75) is 48.4 Å². The fraction of sp³-hybridized carbons (Fsp3) is 0.300. The Balaban J connectivity index is 1.79. The molecule has 0 aliphatic heterocycles. The Labute approximate surface area is 173 Å². The van der Waals surface area contributed by atoms with Crippen molar-refractivity contribution in [2.24, 2.45) is 0 Å². The van der Waals surface area contributed by atoms with Gasteiger partial charge in [0.05, 0.1) is 4.90 Å². The van der Waals surface area contributed by atoms with Crippen molar-refractivity contribution in [3.8, 4) is 11.4 Å². The lowest BCUT2D eigenvalue weighted by molar-refractivity contribution is 0.234. The Morgan fingerprint density at radius 3 is 2.45 bits per heavy atom. The van der Waals surface area contributed by atoms with E-state index < -0.39 is 15.6 Å². The normalized spacial score (nSPS) is 11.9. The summed E-state index contributed by atoms with van der Waals surface area (Å²) in [5.74, 6) is -2.10. The second kappa shape index (κ2) is 9.04. The van der Waals surface area contributed by atoms with Crippen LogP contribution in [-0.4, -0.2) is 28.9 Å². The van der Waals surface area contributed by atoms with Crippen LogP contribution in [0.5, 0.6) is 0 Å². The summed E-state index contributed by atoms with van der Waals surface area (Å²) < 4.78 is 50.4. The van der Waals surface area contributed by atoms with Gasteiger partial charge in [-0.3, -0.25) is 0 Å². The first kappa shape index (κ1) is 21.4. The first-order chi connectivity index (χ1) is 13.8. The molecule has 154 valence electrons. The van der Waals surface area contributed by atoms with Gasteiger partial charge in [-0.1, -0.05) is 54.6 Å². The second-order valence-corrected chi connectivity index (χ2v) is 9.43. The van der Waals surface area contributed by atoms with Crippen molar-refractivity contribution in [1.29, 1.82) is 0 Å². The topological polar surface area (TPSA) is 64.8 Å². The minimum absolute atomic E-state index is 0.378. The number of nitrogens with zero attached hydrogens (tertiary/aromatic N) is 3. The van der Waals surface area contributed by atoms with E-state index in [9.17, 15) is 17.2 Å². The summed E-state index contributed by atoms with van der Waals surface area (Å²) in [6, 6.07) is 13.6. The molecule has 3 aromatic rings. The number of aromatic nitrogens is 3. The van der Waals surface area contributed by atoms with Gasteiger partial charge in [0, 0.05) is 17.9 Å². The van der Waals surface area contributed by atoms with Gasteiger partial charge in [0.25, 0.3) is 0 Å². The van der Waals surface area contributed by atoms with E-state index >= 15 is 0 Å². The minimum Gasteiger partial charge on any atom is -0.302 e. The van der Waals surface area contributed by atoms with Crippen LogP contribution >= 0.6 is 11.8 Å². The SMILES string of the molecule is CCCn1c(SCc2ccc(S(=O)(=O)C(F)F)cc2)nnc1-c1cccc(C)c1. The monoisotopic (exact) mass is 437 g/mol. The summed E-state index contributed by atoms with van der Waals surface area (Å²) in [7, 11) is -4.57. The third kappa shape index (κ3) is 4.84. The zero-order chi connectivity index (χ0) is 21.0. The molecule has 0 radical (unpaired) electrons.